The molecule has 1 heterocycles. The summed E-state index contributed by atoms with van der Waals surface area (Å²) in [5.41, 5.74) is 2.33. The molecule has 1 aliphatic rings. The molecule has 0 aliphatic heterocycles. The predicted molar refractivity (Wildman–Crippen MR) is 142 cm³/mol. The van der Waals surface area contributed by atoms with Crippen LogP contribution in [0.1, 0.15) is 61.9 Å². The number of hydrogen-bond donors (Lipinski definition) is 0. The average Bonchev–Trinajstić information content (AvgIpc) is 2.88. The number of allylic oxidation sites excluding steroid dienone is 1. The monoisotopic (exact) mass is 471 g/mol. The van der Waals surface area contributed by atoms with E-state index < -0.39 is 0 Å². The fourth-order valence-electron chi connectivity index (χ4n) is 4.64. The van der Waals surface area contributed by atoms with Gasteiger partial charge in [-0.2, -0.15) is 9.78 Å². The molecule has 1 aromatic heterocycles. The zero-order valence-corrected chi connectivity index (χ0v) is 20.4. The first-order valence-electron chi connectivity index (χ1n) is 12.4. The molecule has 6 heteroatoms. The van der Waals surface area contributed by atoms with Crippen LogP contribution in [-0.2, 0) is 6.42 Å². The van der Waals surface area contributed by atoms with Crippen molar-refractivity contribution in [1.29, 1.82) is 0 Å². The van der Waals surface area contributed by atoms with E-state index >= 15 is 0 Å². The highest BCUT2D eigenvalue weighted by Gasteiger charge is 2.22. The summed E-state index contributed by atoms with van der Waals surface area (Å²) in [6.45, 7) is 10.4. The van der Waals surface area contributed by atoms with Gasteiger partial charge in [0.05, 0.1) is 23.7 Å². The molecule has 0 N–H and O–H groups in total. The number of benzene rings is 2. The molecular weight excluding hydrogens is 438 g/mol. The van der Waals surface area contributed by atoms with Crippen LogP contribution in [0.5, 0.6) is 11.5 Å². The van der Waals surface area contributed by atoms with Crippen LogP contribution < -0.4 is 15.0 Å². The molecule has 2 aromatic carbocycles. The maximum absolute atomic E-state index is 13.5. The lowest BCUT2D eigenvalue weighted by molar-refractivity contribution is 0.295. The molecule has 0 spiro atoms. The van der Waals surface area contributed by atoms with E-state index in [1.54, 1.807) is 12.3 Å². The van der Waals surface area contributed by atoms with E-state index in [9.17, 15) is 4.79 Å². The van der Waals surface area contributed by atoms with E-state index in [4.69, 9.17) is 14.5 Å². The molecule has 0 atom stereocenters. The van der Waals surface area contributed by atoms with Crippen LogP contribution in [0.25, 0.3) is 10.9 Å². The third-order valence-electron chi connectivity index (χ3n) is 6.24. The van der Waals surface area contributed by atoms with E-state index in [0.717, 1.165) is 48.2 Å². The molecule has 1 aliphatic carbocycles. The summed E-state index contributed by atoms with van der Waals surface area (Å²) in [6, 6.07) is 11.4. The van der Waals surface area contributed by atoms with Crippen molar-refractivity contribution in [2.45, 2.75) is 51.4 Å². The fraction of sp³-hybridized carbons (Fsp3) is 0.345. The summed E-state index contributed by atoms with van der Waals surface area (Å²) in [4.78, 5) is 18.4. The minimum Gasteiger partial charge on any atom is -0.490 e. The second kappa shape index (κ2) is 11.6. The Morgan fingerprint density at radius 3 is 2.66 bits per heavy atom. The summed E-state index contributed by atoms with van der Waals surface area (Å²) >= 11 is 0. The summed E-state index contributed by atoms with van der Waals surface area (Å²) in [5.74, 6) is 2.28. The van der Waals surface area contributed by atoms with Crippen LogP contribution in [0.3, 0.4) is 0 Å². The Labute approximate surface area is 206 Å². The molecule has 4 rings (SSSR count). The van der Waals surface area contributed by atoms with Gasteiger partial charge in [-0.3, -0.25) is 4.79 Å². The Bertz CT molecular complexity index is 1290. The maximum atomic E-state index is 13.5. The van der Waals surface area contributed by atoms with Crippen LogP contribution in [-0.4, -0.2) is 29.1 Å². The number of para-hydroxylation sites is 1. The van der Waals surface area contributed by atoms with Crippen molar-refractivity contribution in [3.05, 3.63) is 89.0 Å². The first-order valence-corrected chi connectivity index (χ1v) is 12.4. The lowest BCUT2D eigenvalue weighted by Gasteiger charge is -2.22. The lowest BCUT2D eigenvalue weighted by Crippen LogP contribution is -2.25. The lowest BCUT2D eigenvalue weighted by atomic mass is 9.88. The second-order valence-electron chi connectivity index (χ2n) is 8.72. The van der Waals surface area contributed by atoms with Crippen molar-refractivity contribution in [2.24, 2.45) is 5.10 Å². The average molecular weight is 472 g/mol. The Morgan fingerprint density at radius 2 is 1.91 bits per heavy atom. The first kappa shape index (κ1) is 24.5. The smallest absolute Gasteiger partial charge is 0.282 e. The van der Waals surface area contributed by atoms with Gasteiger partial charge in [0.15, 0.2) is 11.5 Å². The quantitative estimate of drug-likeness (QED) is 0.268. The molecule has 1 fully saturated rings. The molecule has 0 amide bonds. The first-order chi connectivity index (χ1) is 17.2. The maximum Gasteiger partial charge on any atom is 0.282 e. The number of aromatic nitrogens is 2. The highest BCUT2D eigenvalue weighted by Crippen LogP contribution is 2.34. The van der Waals surface area contributed by atoms with Gasteiger partial charge in [0.1, 0.15) is 12.4 Å². The summed E-state index contributed by atoms with van der Waals surface area (Å²) in [6.07, 6.45) is 11.4. The van der Waals surface area contributed by atoms with E-state index in [0.29, 0.717) is 36.5 Å². The molecular formula is C29H33N3O3. The molecule has 35 heavy (non-hydrogen) atoms. The van der Waals surface area contributed by atoms with Gasteiger partial charge >= 0.3 is 0 Å². The van der Waals surface area contributed by atoms with Crippen molar-refractivity contribution >= 4 is 17.1 Å². The summed E-state index contributed by atoms with van der Waals surface area (Å²) in [7, 11) is 0. The molecule has 182 valence electrons. The van der Waals surface area contributed by atoms with Crippen molar-refractivity contribution in [1.82, 2.24) is 9.66 Å². The molecule has 0 bridgehead atoms. The summed E-state index contributed by atoms with van der Waals surface area (Å²) in [5, 5.41) is 5.24. The number of fused-ring (bicyclic) bond motifs is 1. The van der Waals surface area contributed by atoms with Gasteiger partial charge in [0, 0.05) is 11.5 Å². The van der Waals surface area contributed by atoms with Crippen molar-refractivity contribution < 1.29 is 9.47 Å². The van der Waals surface area contributed by atoms with Crippen molar-refractivity contribution in [3.8, 4) is 11.5 Å². The Balaban J connectivity index is 1.81. The van der Waals surface area contributed by atoms with Gasteiger partial charge in [0.2, 0.25) is 0 Å². The zero-order valence-electron chi connectivity index (χ0n) is 20.4. The van der Waals surface area contributed by atoms with E-state index in [1.807, 2.05) is 49.4 Å². The van der Waals surface area contributed by atoms with E-state index in [1.165, 1.54) is 11.1 Å². The molecule has 3 aromatic rings. The van der Waals surface area contributed by atoms with Gasteiger partial charge in [-0.15, -0.1) is 6.58 Å². The number of hydrogen-bond acceptors (Lipinski definition) is 5. The van der Waals surface area contributed by atoms with Crippen LogP contribution in [0, 0.1) is 0 Å². The van der Waals surface area contributed by atoms with Gasteiger partial charge in [-0.1, -0.05) is 50.1 Å². The second-order valence-corrected chi connectivity index (χ2v) is 8.72. The molecule has 0 unspecified atom stereocenters. The van der Waals surface area contributed by atoms with Crippen LogP contribution in [0.15, 0.2) is 71.6 Å². The minimum atomic E-state index is -0.144. The molecule has 0 radical (unpaired) electrons. The molecule has 1 saturated carbocycles. The van der Waals surface area contributed by atoms with Crippen LogP contribution >= 0.6 is 0 Å². The van der Waals surface area contributed by atoms with Crippen molar-refractivity contribution in [3.63, 3.8) is 0 Å². The standard InChI is InChI=1S/C29H33N3O3/c1-4-12-23-18-21(19-26(34-6-3)27(23)35-17-5-2)20-30-32-28(22-13-8-7-9-14-22)31-25-16-11-10-15-24(25)29(32)33/h4-5,10-11,15-16,18-20,22H,1-2,6-9,12-14,17H2,3H3. The highest BCUT2D eigenvalue weighted by molar-refractivity contribution is 5.82. The zero-order chi connectivity index (χ0) is 24.6. The Kier molecular flexibility index (Phi) is 8.14. The Hall–Kier alpha value is -3.67. The van der Waals surface area contributed by atoms with E-state index in [-0.39, 0.29) is 11.5 Å². The summed E-state index contributed by atoms with van der Waals surface area (Å²) < 4.78 is 13.3. The molecule has 0 saturated heterocycles. The largest absolute Gasteiger partial charge is 0.490 e. The topological polar surface area (TPSA) is 65.7 Å². The molecule has 6 nitrogen and oxygen atoms in total. The number of rotatable bonds is 10. The van der Waals surface area contributed by atoms with Gasteiger partial charge in [-0.05, 0) is 56.0 Å². The minimum absolute atomic E-state index is 0.144. The van der Waals surface area contributed by atoms with Crippen LogP contribution in [0.2, 0.25) is 0 Å². The van der Waals surface area contributed by atoms with E-state index in [2.05, 4.69) is 18.3 Å². The van der Waals surface area contributed by atoms with Crippen LogP contribution in [0.4, 0.5) is 0 Å². The third kappa shape index (κ3) is 5.53. The van der Waals surface area contributed by atoms with Gasteiger partial charge in [0.25, 0.3) is 5.56 Å². The van der Waals surface area contributed by atoms with Gasteiger partial charge in [-0.25, -0.2) is 4.98 Å². The fourth-order valence-corrected chi connectivity index (χ4v) is 4.64. The number of ether oxygens (including phenoxy) is 2. The third-order valence-corrected chi connectivity index (χ3v) is 6.24. The predicted octanol–water partition coefficient (Wildman–Crippen LogP) is 6.02. The van der Waals surface area contributed by atoms with Gasteiger partial charge < -0.3 is 9.47 Å². The number of nitrogens with zero attached hydrogens (tertiary/aromatic N) is 3. The Morgan fingerprint density at radius 1 is 1.11 bits per heavy atom. The highest BCUT2D eigenvalue weighted by atomic mass is 16.5. The normalized spacial score (nSPS) is 14.3. The SMILES string of the molecule is C=CCOc1c(CC=C)cc(C=Nn2c(C3CCCCC3)nc3ccccc3c2=O)cc1OCC. The van der Waals surface area contributed by atoms with Crippen molar-refractivity contribution in [2.75, 3.05) is 13.2 Å².